The van der Waals surface area contributed by atoms with E-state index in [1.165, 1.54) is 68.3 Å². The van der Waals surface area contributed by atoms with Gasteiger partial charge in [0.15, 0.2) is 16.9 Å². The lowest BCUT2D eigenvalue weighted by Gasteiger charge is -2.40. The molecule has 0 unspecified atom stereocenters. The number of likely N-dealkylation sites (N-methyl/N-ethyl adjacent to an activating group) is 2. The summed E-state index contributed by atoms with van der Waals surface area (Å²) >= 11 is 0. The Morgan fingerprint density at radius 1 is 0.363 bits per heavy atom. The summed E-state index contributed by atoms with van der Waals surface area (Å²) in [7, 11) is 5.77. The smallest absolute Gasteiger partial charge is 0.355 e. The van der Waals surface area contributed by atoms with E-state index in [-0.39, 0.29) is 141 Å². The number of hydrogen-bond donors (Lipinski definition) is 0. The van der Waals surface area contributed by atoms with E-state index in [0.717, 1.165) is 33.8 Å². The summed E-state index contributed by atoms with van der Waals surface area (Å²) in [5.41, 5.74) is 7.69. The number of halogens is 6. The Morgan fingerprint density at radius 3 is 1.07 bits per heavy atom. The summed E-state index contributed by atoms with van der Waals surface area (Å²) in [6, 6.07) is 34.2. The van der Waals surface area contributed by atoms with E-state index in [0.29, 0.717) is 158 Å². The molecular formula is C107H109F6N27O6. The lowest BCUT2D eigenvalue weighted by Crippen LogP contribution is -2.54. The molecule has 0 radical (unpaired) electrons. The summed E-state index contributed by atoms with van der Waals surface area (Å²) in [5, 5.41) is 26.7. The Bertz CT molecular complexity index is 7660. The topological polar surface area (TPSA) is 316 Å². The van der Waals surface area contributed by atoms with Gasteiger partial charge in [0, 0.05) is 153 Å². The average Bonchev–Trinajstić information content (AvgIpc) is 0.869. The van der Waals surface area contributed by atoms with Gasteiger partial charge in [-0.25, -0.2) is 78.7 Å². The molecule has 6 aromatic carbocycles. The molecule has 3 fully saturated rings. The van der Waals surface area contributed by atoms with E-state index < -0.39 is 52.0 Å². The molecule has 3 saturated heterocycles. The third-order valence-corrected chi connectivity index (χ3v) is 28.0. The highest BCUT2D eigenvalue weighted by Crippen LogP contribution is 2.45. The molecule has 3 amide bonds. The fourth-order valence-corrected chi connectivity index (χ4v) is 20.7. The second-order valence-electron chi connectivity index (χ2n) is 38.7. The monoisotopic (exact) mass is 1980 g/mol. The van der Waals surface area contributed by atoms with Crippen molar-refractivity contribution in [3.05, 3.63) is 301 Å². The molecule has 12 bridgehead atoms. The van der Waals surface area contributed by atoms with Gasteiger partial charge in [-0.05, 0) is 145 Å². The van der Waals surface area contributed by atoms with Crippen LogP contribution in [-0.4, -0.2) is 232 Å². The first kappa shape index (κ1) is 98.4. The van der Waals surface area contributed by atoms with Crippen LogP contribution in [0.15, 0.2) is 198 Å². The number of pyridine rings is 3. The van der Waals surface area contributed by atoms with Gasteiger partial charge in [-0.2, -0.15) is 15.0 Å². The van der Waals surface area contributed by atoms with Gasteiger partial charge in [0.2, 0.25) is 17.7 Å². The average molecular weight is 1980 g/mol. The molecule has 6 aliphatic rings. The van der Waals surface area contributed by atoms with Crippen LogP contribution in [0.25, 0.3) is 83.9 Å². The second-order valence-corrected chi connectivity index (χ2v) is 38.7. The van der Waals surface area contributed by atoms with E-state index in [1.54, 1.807) is 83.7 Å². The van der Waals surface area contributed by atoms with Crippen LogP contribution in [-0.2, 0) is 53.4 Å². The summed E-state index contributed by atoms with van der Waals surface area (Å²) in [4.78, 5) is 126. The number of benzene rings is 6. The van der Waals surface area contributed by atoms with E-state index in [1.807, 2.05) is 167 Å². The number of hydrogen-bond acceptors (Lipinski definition) is 24. The molecule has 0 spiro atoms. The lowest BCUT2D eigenvalue weighted by atomic mass is 9.98. The molecule has 750 valence electrons. The van der Waals surface area contributed by atoms with Crippen molar-refractivity contribution < 1.29 is 40.7 Å². The summed E-state index contributed by atoms with van der Waals surface area (Å²) in [6.45, 7) is 34.2. The highest BCUT2D eigenvalue weighted by atomic mass is 19.1. The number of para-hydroxylation sites is 3. The molecule has 3 atom stereocenters. The minimum atomic E-state index is -0.768. The van der Waals surface area contributed by atoms with Gasteiger partial charge in [-0.3, -0.25) is 19.1 Å². The van der Waals surface area contributed by atoms with E-state index in [2.05, 4.69) is 65.6 Å². The van der Waals surface area contributed by atoms with Crippen LogP contribution in [0.4, 0.5) is 60.9 Å². The molecule has 15 heterocycles. The number of carbonyl (C=O) groups is 3. The van der Waals surface area contributed by atoms with Crippen LogP contribution in [0.1, 0.15) is 131 Å². The molecule has 0 N–H and O–H groups in total. The van der Waals surface area contributed by atoms with E-state index in [4.69, 9.17) is 15.0 Å². The number of nitrogens with zero attached hydrogens (tertiary/aromatic N) is 27. The number of anilines is 6. The Balaban J connectivity index is 0.000000138. The summed E-state index contributed by atoms with van der Waals surface area (Å²) in [5.74, 6) is -4.12. The molecule has 6 aliphatic heterocycles. The van der Waals surface area contributed by atoms with Crippen LogP contribution in [0.3, 0.4) is 0 Å². The maximum atomic E-state index is 16.6. The Morgan fingerprint density at radius 2 is 0.692 bits per heavy atom. The first-order valence-corrected chi connectivity index (χ1v) is 48.6. The Kier molecular flexibility index (Phi) is 27.0. The van der Waals surface area contributed by atoms with Crippen molar-refractivity contribution in [2.75, 3.05) is 123 Å². The van der Waals surface area contributed by atoms with Crippen LogP contribution in [0, 0.1) is 34.9 Å². The van der Waals surface area contributed by atoms with Crippen LogP contribution in [0.2, 0.25) is 0 Å². The zero-order valence-electron chi connectivity index (χ0n) is 83.0. The molecule has 146 heavy (non-hydrogen) atoms. The molecule has 21 rings (SSSR count). The number of fused-ring (bicyclic) bond motifs is 21. The Labute approximate surface area is 836 Å². The fourth-order valence-electron chi connectivity index (χ4n) is 20.7. The second kappa shape index (κ2) is 40.1. The molecule has 15 aromatic rings. The fraction of sp³-hybridized carbons (Fsp3) is 0.327. The van der Waals surface area contributed by atoms with Gasteiger partial charge < -0.3 is 44.1 Å². The Hall–Kier alpha value is -16.4. The molecule has 0 aliphatic carbocycles. The highest BCUT2D eigenvalue weighted by molar-refractivity contribution is 5.96. The van der Waals surface area contributed by atoms with Crippen LogP contribution >= 0.6 is 0 Å². The number of carbonyl (C=O) groups excluding carboxylic acids is 3. The highest BCUT2D eigenvalue weighted by Gasteiger charge is 2.39. The summed E-state index contributed by atoms with van der Waals surface area (Å²) < 4.78 is 106. The number of aromatic nitrogens is 18. The molecule has 39 heteroatoms. The lowest BCUT2D eigenvalue weighted by molar-refractivity contribution is -0.127. The minimum absolute atomic E-state index is 0.0110. The molecule has 33 nitrogen and oxygen atoms in total. The maximum absolute atomic E-state index is 16.6. The van der Waals surface area contributed by atoms with Gasteiger partial charge in [-0.1, -0.05) is 150 Å². The van der Waals surface area contributed by atoms with Gasteiger partial charge in [0.1, 0.15) is 75.1 Å². The van der Waals surface area contributed by atoms with Gasteiger partial charge >= 0.3 is 17.1 Å². The number of rotatable bonds is 9. The number of piperazine rings is 3. The SMILES string of the molecule is C=CC(=O)N1CCN(c2nc(=O)n3c4nc(c(F)cc24)-c2c(F)cccc2Cc2cn(nn2)CCN(C)c2cccc(C(C)C)c2-3)[C@@H](C)C1.C=CC(=O)N1CCN(c2nc(=O)n3c4nc(c(F)cc24)-c2c(F)cccc2Cn2cc(nn2)CCN(C)c2cccc(C(C)C)c2-3)[C@@H](C)C1.C=CC(=O)N1CCN(c2nc(=O)n3c4nc(c(F)cc24)-c2c(F)cccc2Cn2cc(nn2)CN(C)c2cccc(C(C)C)c2-3)[C@@H](C)C1. The zero-order valence-corrected chi connectivity index (χ0v) is 83.0. The van der Waals surface area contributed by atoms with Gasteiger partial charge in [-0.15, -0.1) is 15.3 Å². The van der Waals surface area contributed by atoms with Gasteiger partial charge in [0.25, 0.3) is 0 Å². The van der Waals surface area contributed by atoms with Crippen molar-refractivity contribution in [3.8, 4) is 50.8 Å². The standard InChI is InChI=1S/2C36H37F2N9O2.C35H35F2N9O2/c1-6-30(48)44-14-16-46(22(4)19-44)34-26-18-28(38)32-31-23(9-7-11-27(31)37)17-24-20-45(42-41-24)15-13-43(5)29-12-8-10-25(21(2)3)33(29)47(35(26)39-32)36(49)40-34;1-6-30(48)44-15-16-46(22(4)18-44)34-26-17-28(38)32-31-23(9-7-11-27(31)37)19-45-20-24(41-42-45)13-14-43(5)29-12-8-10-25(21(2)3)33(29)47(35(26)39-32)36(49)40-34;1-6-29(47)43-13-14-45(21(4)16-43)33-25-15-27(37)31-30-22(9-7-11-26(30)36)17-44-19-23(40-41-44)18-42(5)28-12-8-10-24(20(2)3)32(28)46(34(25)38-31)35(48)39-33/h6-12,18,20-22H,1,13-17,19H2,2-5H3;6-12,17,20-22H,1,13-16,18-19H2,2-5H3;6-12,15,19-21H,1,13-14,16-18H2,2-5H3/t2*22-;21-/m000/s1. The van der Waals surface area contributed by atoms with Crippen LogP contribution < -0.4 is 46.5 Å². The first-order chi connectivity index (χ1) is 70.1. The molecular weight excluding hydrogens is 1870 g/mol. The number of amides is 3. The van der Waals surface area contributed by atoms with E-state index in [9.17, 15) is 28.8 Å². The van der Waals surface area contributed by atoms with Crippen molar-refractivity contribution in [3.63, 3.8) is 0 Å². The van der Waals surface area contributed by atoms with Crippen molar-refractivity contribution in [1.29, 1.82) is 0 Å². The van der Waals surface area contributed by atoms with Crippen molar-refractivity contribution in [1.82, 2.24) is 103 Å². The third kappa shape index (κ3) is 18.4. The van der Waals surface area contributed by atoms with Crippen molar-refractivity contribution in [2.24, 2.45) is 0 Å². The predicted octanol–water partition coefficient (Wildman–Crippen LogP) is 14.1. The first-order valence-electron chi connectivity index (χ1n) is 48.6. The molecule has 0 saturated carbocycles. The van der Waals surface area contributed by atoms with E-state index >= 15 is 26.3 Å². The zero-order chi connectivity index (χ0) is 103. The largest absolute Gasteiger partial charge is 0.372 e. The normalized spacial score (nSPS) is 16.3. The van der Waals surface area contributed by atoms with Crippen molar-refractivity contribution >= 4 is 85.3 Å². The van der Waals surface area contributed by atoms with Crippen LogP contribution in [0.5, 0.6) is 0 Å². The predicted molar refractivity (Wildman–Crippen MR) is 548 cm³/mol. The minimum Gasteiger partial charge on any atom is -0.372 e. The quantitative estimate of drug-likeness (QED) is 0.0957. The summed E-state index contributed by atoms with van der Waals surface area (Å²) in [6.07, 6.45) is 9.96. The third-order valence-electron chi connectivity index (χ3n) is 28.0. The maximum Gasteiger partial charge on any atom is 0.355 e. The van der Waals surface area contributed by atoms with Gasteiger partial charge in [0.05, 0.1) is 94.0 Å². The van der Waals surface area contributed by atoms with Crippen molar-refractivity contribution in [2.45, 2.75) is 137 Å². The molecule has 9 aromatic heterocycles.